The highest BCUT2D eigenvalue weighted by Crippen LogP contribution is 2.30. The Labute approximate surface area is 111 Å². The molecule has 2 aliphatic heterocycles. The van der Waals surface area contributed by atoms with Crippen molar-refractivity contribution in [2.45, 2.75) is 50.7 Å². The molecule has 0 spiro atoms. The van der Waals surface area contributed by atoms with Crippen LogP contribution in [0.5, 0.6) is 0 Å². The van der Waals surface area contributed by atoms with Gasteiger partial charge in [-0.15, -0.1) is 0 Å². The maximum atomic E-state index is 6.12. The van der Waals surface area contributed by atoms with E-state index in [1.165, 1.54) is 25.8 Å². The van der Waals surface area contributed by atoms with Crippen molar-refractivity contribution >= 4 is 0 Å². The number of rotatable bonds is 4. The molecule has 2 rings (SSSR count). The molecule has 2 fully saturated rings. The van der Waals surface area contributed by atoms with E-state index in [4.69, 9.17) is 15.2 Å². The second-order valence-electron chi connectivity index (χ2n) is 5.56. The number of hydrogen-bond donors (Lipinski definition) is 1. The summed E-state index contributed by atoms with van der Waals surface area (Å²) < 4.78 is 11.4. The Hall–Kier alpha value is -0.160. The highest BCUT2D eigenvalue weighted by Gasteiger charge is 2.38. The topological polar surface area (TPSA) is 47.7 Å². The number of piperidine rings is 1. The number of nitrogens with two attached hydrogens (primary N) is 1. The second-order valence-corrected chi connectivity index (χ2v) is 5.56. The van der Waals surface area contributed by atoms with E-state index in [0.29, 0.717) is 6.10 Å². The van der Waals surface area contributed by atoms with Crippen LogP contribution in [0, 0.1) is 0 Å². The largest absolute Gasteiger partial charge is 0.381 e. The van der Waals surface area contributed by atoms with E-state index in [-0.39, 0.29) is 5.54 Å². The zero-order valence-corrected chi connectivity index (χ0v) is 11.7. The summed E-state index contributed by atoms with van der Waals surface area (Å²) in [5, 5.41) is 0. The van der Waals surface area contributed by atoms with Crippen LogP contribution in [0.4, 0.5) is 0 Å². The summed E-state index contributed by atoms with van der Waals surface area (Å²) in [6.07, 6.45) is 6.20. The fourth-order valence-electron chi connectivity index (χ4n) is 3.38. The van der Waals surface area contributed by atoms with Gasteiger partial charge in [-0.2, -0.15) is 0 Å². The predicted molar refractivity (Wildman–Crippen MR) is 72.7 cm³/mol. The molecular formula is C14H28N2O2. The van der Waals surface area contributed by atoms with Gasteiger partial charge < -0.3 is 15.2 Å². The lowest BCUT2D eigenvalue weighted by Gasteiger charge is -2.46. The zero-order valence-electron chi connectivity index (χ0n) is 11.7. The standard InChI is InChI=1S/C14H28N2O2/c1-2-18-13-5-3-8-16(11-13)14(12-15)6-4-9-17-10-7-14/h13H,2-12,15H2,1H3. The van der Waals surface area contributed by atoms with Crippen LogP contribution < -0.4 is 5.73 Å². The van der Waals surface area contributed by atoms with Crippen molar-refractivity contribution in [1.82, 2.24) is 4.90 Å². The van der Waals surface area contributed by atoms with Crippen LogP contribution >= 0.6 is 0 Å². The first-order valence-electron chi connectivity index (χ1n) is 7.45. The Balaban J connectivity index is 2.01. The monoisotopic (exact) mass is 256 g/mol. The normalized spacial score (nSPS) is 35.3. The lowest BCUT2D eigenvalue weighted by atomic mass is 9.86. The molecule has 0 aliphatic carbocycles. The highest BCUT2D eigenvalue weighted by molar-refractivity contribution is 4.95. The third kappa shape index (κ3) is 3.23. The second kappa shape index (κ2) is 6.85. The number of nitrogens with zero attached hydrogens (tertiary/aromatic N) is 1. The fraction of sp³-hybridized carbons (Fsp3) is 1.00. The van der Waals surface area contributed by atoms with Gasteiger partial charge in [0, 0.05) is 38.4 Å². The van der Waals surface area contributed by atoms with Crippen LogP contribution in [0.1, 0.15) is 39.0 Å². The van der Waals surface area contributed by atoms with Gasteiger partial charge in [-0.1, -0.05) is 0 Å². The molecule has 2 heterocycles. The van der Waals surface area contributed by atoms with Crippen molar-refractivity contribution in [3.05, 3.63) is 0 Å². The van der Waals surface area contributed by atoms with Gasteiger partial charge in [0.25, 0.3) is 0 Å². The van der Waals surface area contributed by atoms with Crippen molar-refractivity contribution in [1.29, 1.82) is 0 Å². The molecule has 2 N–H and O–H groups in total. The Bertz CT molecular complexity index is 238. The van der Waals surface area contributed by atoms with Crippen LogP contribution in [0.2, 0.25) is 0 Å². The maximum Gasteiger partial charge on any atom is 0.0702 e. The summed E-state index contributed by atoms with van der Waals surface area (Å²) in [4.78, 5) is 2.59. The highest BCUT2D eigenvalue weighted by atomic mass is 16.5. The van der Waals surface area contributed by atoms with Gasteiger partial charge in [0.2, 0.25) is 0 Å². The van der Waals surface area contributed by atoms with E-state index < -0.39 is 0 Å². The first-order chi connectivity index (χ1) is 8.80. The third-order valence-corrected chi connectivity index (χ3v) is 4.47. The first kappa shape index (κ1) is 14.3. The van der Waals surface area contributed by atoms with Crippen LogP contribution in [0.25, 0.3) is 0 Å². The SMILES string of the molecule is CCOC1CCCN(C2(CN)CCCOCC2)C1. The molecule has 2 aliphatic rings. The summed E-state index contributed by atoms with van der Waals surface area (Å²) in [6.45, 7) is 7.60. The minimum Gasteiger partial charge on any atom is -0.381 e. The Kier molecular flexibility index (Phi) is 5.42. The van der Waals surface area contributed by atoms with Crippen LogP contribution in [0.15, 0.2) is 0 Å². The van der Waals surface area contributed by atoms with Crippen LogP contribution in [0.3, 0.4) is 0 Å². The molecule has 0 saturated carbocycles. The lowest BCUT2D eigenvalue weighted by molar-refractivity contribution is -0.0383. The van der Waals surface area contributed by atoms with E-state index in [1.54, 1.807) is 0 Å². The molecule has 2 saturated heterocycles. The van der Waals surface area contributed by atoms with Gasteiger partial charge in [-0.05, 0) is 45.6 Å². The molecule has 0 aromatic heterocycles. The molecule has 0 bridgehead atoms. The minimum atomic E-state index is 0.159. The van der Waals surface area contributed by atoms with E-state index in [9.17, 15) is 0 Å². The van der Waals surface area contributed by atoms with E-state index in [0.717, 1.165) is 45.8 Å². The van der Waals surface area contributed by atoms with E-state index >= 15 is 0 Å². The molecule has 18 heavy (non-hydrogen) atoms. The summed E-state index contributed by atoms with van der Waals surface area (Å²) in [6, 6.07) is 0. The smallest absolute Gasteiger partial charge is 0.0702 e. The van der Waals surface area contributed by atoms with Gasteiger partial charge >= 0.3 is 0 Å². The third-order valence-electron chi connectivity index (χ3n) is 4.47. The average molecular weight is 256 g/mol. The average Bonchev–Trinajstić information content (AvgIpc) is 2.66. The summed E-state index contributed by atoms with van der Waals surface area (Å²) >= 11 is 0. The van der Waals surface area contributed by atoms with Crippen molar-refractivity contribution in [2.75, 3.05) is 39.5 Å². The molecule has 4 nitrogen and oxygen atoms in total. The van der Waals surface area contributed by atoms with E-state index in [2.05, 4.69) is 11.8 Å². The summed E-state index contributed by atoms with van der Waals surface area (Å²) in [5.74, 6) is 0. The van der Waals surface area contributed by atoms with E-state index in [1.807, 2.05) is 0 Å². The molecule has 0 radical (unpaired) electrons. The maximum absolute atomic E-state index is 6.12. The van der Waals surface area contributed by atoms with Crippen molar-refractivity contribution < 1.29 is 9.47 Å². The quantitative estimate of drug-likeness (QED) is 0.825. The number of likely N-dealkylation sites (tertiary alicyclic amines) is 1. The number of hydrogen-bond acceptors (Lipinski definition) is 4. The molecule has 4 heteroatoms. The van der Waals surface area contributed by atoms with Crippen molar-refractivity contribution in [3.63, 3.8) is 0 Å². The fourth-order valence-corrected chi connectivity index (χ4v) is 3.38. The molecule has 2 atom stereocenters. The molecular weight excluding hydrogens is 228 g/mol. The summed E-state index contributed by atoms with van der Waals surface area (Å²) in [5.41, 5.74) is 6.28. The lowest BCUT2D eigenvalue weighted by Crippen LogP contribution is -2.58. The first-order valence-corrected chi connectivity index (χ1v) is 7.45. The van der Waals surface area contributed by atoms with Gasteiger partial charge in [0.15, 0.2) is 0 Å². The molecule has 0 aromatic rings. The van der Waals surface area contributed by atoms with Gasteiger partial charge in [-0.3, -0.25) is 4.90 Å². The predicted octanol–water partition coefficient (Wildman–Crippen LogP) is 1.39. The Morgan fingerprint density at radius 3 is 3.00 bits per heavy atom. The van der Waals surface area contributed by atoms with Crippen molar-refractivity contribution in [3.8, 4) is 0 Å². The Morgan fingerprint density at radius 2 is 2.22 bits per heavy atom. The molecule has 0 amide bonds. The Morgan fingerprint density at radius 1 is 1.33 bits per heavy atom. The summed E-state index contributed by atoms with van der Waals surface area (Å²) in [7, 11) is 0. The molecule has 106 valence electrons. The minimum absolute atomic E-state index is 0.159. The van der Waals surface area contributed by atoms with Crippen LogP contribution in [-0.2, 0) is 9.47 Å². The molecule has 2 unspecified atom stereocenters. The molecule has 0 aromatic carbocycles. The van der Waals surface area contributed by atoms with Gasteiger partial charge in [0.1, 0.15) is 0 Å². The van der Waals surface area contributed by atoms with Crippen LogP contribution in [-0.4, -0.2) is 56.0 Å². The van der Waals surface area contributed by atoms with Gasteiger partial charge in [-0.25, -0.2) is 0 Å². The van der Waals surface area contributed by atoms with Crippen molar-refractivity contribution in [2.24, 2.45) is 5.73 Å². The number of ether oxygens (including phenoxy) is 2. The zero-order chi connectivity index (χ0) is 12.8. The van der Waals surface area contributed by atoms with Gasteiger partial charge in [0.05, 0.1) is 6.10 Å².